The number of imidazole rings is 1. The van der Waals surface area contributed by atoms with Crippen molar-refractivity contribution in [2.24, 2.45) is 0 Å². The predicted octanol–water partition coefficient (Wildman–Crippen LogP) is 2.30. The number of aryl methyl sites for hydroxylation is 1. The van der Waals surface area contributed by atoms with Gasteiger partial charge in [0.1, 0.15) is 0 Å². The fraction of sp³-hybridized carbons (Fsp3) is 0.316. The molecule has 134 valence electrons. The molecule has 1 N–H and O–H groups in total. The SMILES string of the molecule is O=C(CCn1cnc2ccccc21)Nc1cccnc1N1CCOCC1. The van der Waals surface area contributed by atoms with Crippen LogP contribution >= 0.6 is 0 Å². The molecular formula is C19H21N5O2. The Balaban J connectivity index is 1.42. The smallest absolute Gasteiger partial charge is 0.226 e. The monoisotopic (exact) mass is 351 g/mol. The number of carbonyl (C=O) groups is 1. The van der Waals surface area contributed by atoms with Crippen molar-refractivity contribution in [2.45, 2.75) is 13.0 Å². The number of aromatic nitrogens is 3. The van der Waals surface area contributed by atoms with E-state index in [2.05, 4.69) is 20.2 Å². The number of benzene rings is 1. The van der Waals surface area contributed by atoms with E-state index >= 15 is 0 Å². The summed E-state index contributed by atoms with van der Waals surface area (Å²) in [6.07, 6.45) is 3.90. The largest absolute Gasteiger partial charge is 0.378 e. The number of hydrogen-bond donors (Lipinski definition) is 1. The van der Waals surface area contributed by atoms with Crippen molar-refractivity contribution in [2.75, 3.05) is 36.5 Å². The van der Waals surface area contributed by atoms with Gasteiger partial charge in [0, 0.05) is 32.3 Å². The molecule has 1 aliphatic heterocycles. The molecule has 0 unspecified atom stereocenters. The summed E-state index contributed by atoms with van der Waals surface area (Å²) in [4.78, 5) is 23.4. The topological polar surface area (TPSA) is 72.3 Å². The van der Waals surface area contributed by atoms with Crippen molar-refractivity contribution in [3.05, 3.63) is 48.9 Å². The lowest BCUT2D eigenvalue weighted by atomic mass is 10.3. The van der Waals surface area contributed by atoms with E-state index in [1.54, 1.807) is 12.5 Å². The predicted molar refractivity (Wildman–Crippen MR) is 100 cm³/mol. The van der Waals surface area contributed by atoms with Crippen LogP contribution in [0, 0.1) is 0 Å². The molecule has 7 heteroatoms. The molecule has 1 amide bonds. The Morgan fingerprint density at radius 1 is 1.12 bits per heavy atom. The molecular weight excluding hydrogens is 330 g/mol. The highest BCUT2D eigenvalue weighted by Gasteiger charge is 2.17. The van der Waals surface area contributed by atoms with Gasteiger partial charge in [0.2, 0.25) is 5.91 Å². The first-order valence-electron chi connectivity index (χ1n) is 8.79. The Hall–Kier alpha value is -2.93. The van der Waals surface area contributed by atoms with Gasteiger partial charge in [-0.05, 0) is 24.3 Å². The maximum atomic E-state index is 12.5. The molecule has 2 aromatic heterocycles. The minimum Gasteiger partial charge on any atom is -0.378 e. The van der Waals surface area contributed by atoms with E-state index < -0.39 is 0 Å². The first-order chi connectivity index (χ1) is 12.8. The summed E-state index contributed by atoms with van der Waals surface area (Å²) in [6, 6.07) is 11.6. The van der Waals surface area contributed by atoms with Crippen molar-refractivity contribution in [3.63, 3.8) is 0 Å². The second kappa shape index (κ2) is 7.53. The fourth-order valence-corrected chi connectivity index (χ4v) is 3.14. The Morgan fingerprint density at radius 3 is 2.85 bits per heavy atom. The third-order valence-corrected chi connectivity index (χ3v) is 4.48. The van der Waals surface area contributed by atoms with Gasteiger partial charge in [0.25, 0.3) is 0 Å². The summed E-state index contributed by atoms with van der Waals surface area (Å²) in [5.74, 6) is 0.766. The van der Waals surface area contributed by atoms with Crippen LogP contribution in [0.4, 0.5) is 11.5 Å². The maximum Gasteiger partial charge on any atom is 0.226 e. The first-order valence-corrected chi connectivity index (χ1v) is 8.79. The molecule has 1 aliphatic rings. The second-order valence-corrected chi connectivity index (χ2v) is 6.20. The lowest BCUT2D eigenvalue weighted by molar-refractivity contribution is -0.116. The van der Waals surface area contributed by atoms with E-state index in [9.17, 15) is 4.79 Å². The molecule has 3 heterocycles. The van der Waals surface area contributed by atoms with Crippen molar-refractivity contribution in [3.8, 4) is 0 Å². The Labute approximate surface area is 151 Å². The molecule has 0 saturated carbocycles. The highest BCUT2D eigenvalue weighted by molar-refractivity contribution is 5.93. The van der Waals surface area contributed by atoms with Gasteiger partial charge < -0.3 is 19.5 Å². The molecule has 26 heavy (non-hydrogen) atoms. The van der Waals surface area contributed by atoms with Crippen LogP contribution in [0.15, 0.2) is 48.9 Å². The van der Waals surface area contributed by atoms with E-state index in [4.69, 9.17) is 4.74 Å². The number of pyridine rings is 1. The van der Waals surface area contributed by atoms with Crippen LogP contribution in [0.3, 0.4) is 0 Å². The number of carbonyl (C=O) groups excluding carboxylic acids is 1. The Morgan fingerprint density at radius 2 is 1.96 bits per heavy atom. The number of nitrogens with zero attached hydrogens (tertiary/aromatic N) is 4. The summed E-state index contributed by atoms with van der Waals surface area (Å²) in [5, 5.41) is 3.00. The lowest BCUT2D eigenvalue weighted by Gasteiger charge is -2.29. The van der Waals surface area contributed by atoms with Gasteiger partial charge in [-0.15, -0.1) is 0 Å². The molecule has 0 atom stereocenters. The average molecular weight is 351 g/mol. The number of morpholine rings is 1. The van der Waals surface area contributed by atoms with Gasteiger partial charge in [-0.2, -0.15) is 0 Å². The number of hydrogen-bond acceptors (Lipinski definition) is 5. The molecule has 0 aliphatic carbocycles. The summed E-state index contributed by atoms with van der Waals surface area (Å²) >= 11 is 0. The molecule has 1 saturated heterocycles. The van der Waals surface area contributed by atoms with Crippen LogP contribution in [0.5, 0.6) is 0 Å². The number of anilines is 2. The molecule has 0 bridgehead atoms. The third-order valence-electron chi connectivity index (χ3n) is 4.48. The highest BCUT2D eigenvalue weighted by Crippen LogP contribution is 2.23. The summed E-state index contributed by atoms with van der Waals surface area (Å²) in [6.45, 7) is 3.50. The quantitative estimate of drug-likeness (QED) is 0.764. The lowest BCUT2D eigenvalue weighted by Crippen LogP contribution is -2.37. The van der Waals surface area contributed by atoms with E-state index in [0.717, 1.165) is 35.6 Å². The van der Waals surface area contributed by atoms with Gasteiger partial charge in [-0.25, -0.2) is 9.97 Å². The number of nitrogens with one attached hydrogen (secondary N) is 1. The van der Waals surface area contributed by atoms with Crippen molar-refractivity contribution < 1.29 is 9.53 Å². The zero-order valence-corrected chi connectivity index (χ0v) is 14.5. The standard InChI is InChI=1S/C19H21N5O2/c25-18(7-9-24-14-21-15-4-1-2-6-17(15)24)22-16-5-3-8-20-19(16)23-10-12-26-13-11-23/h1-6,8,14H,7,9-13H2,(H,22,25). The van der Waals surface area contributed by atoms with Gasteiger partial charge in [0.15, 0.2) is 5.82 Å². The Bertz CT molecular complexity index is 902. The molecule has 1 fully saturated rings. The van der Waals surface area contributed by atoms with Gasteiger partial charge in [0.05, 0.1) is 36.3 Å². The summed E-state index contributed by atoms with van der Waals surface area (Å²) < 4.78 is 7.39. The summed E-state index contributed by atoms with van der Waals surface area (Å²) in [5.41, 5.74) is 2.72. The van der Waals surface area contributed by atoms with Gasteiger partial charge in [-0.3, -0.25) is 4.79 Å². The third kappa shape index (κ3) is 3.52. The highest BCUT2D eigenvalue weighted by atomic mass is 16.5. The van der Waals surface area contributed by atoms with Crippen molar-refractivity contribution in [1.82, 2.24) is 14.5 Å². The van der Waals surface area contributed by atoms with E-state index in [0.29, 0.717) is 26.2 Å². The zero-order chi connectivity index (χ0) is 17.8. The molecule has 3 aromatic rings. The zero-order valence-electron chi connectivity index (χ0n) is 14.5. The van der Waals surface area contributed by atoms with Crippen molar-refractivity contribution >= 4 is 28.4 Å². The molecule has 0 spiro atoms. The van der Waals surface area contributed by atoms with Crippen LogP contribution < -0.4 is 10.2 Å². The van der Waals surface area contributed by atoms with Crippen LogP contribution in [-0.4, -0.2) is 46.7 Å². The number of para-hydroxylation sites is 2. The van der Waals surface area contributed by atoms with Crippen LogP contribution in [-0.2, 0) is 16.1 Å². The van der Waals surface area contributed by atoms with Crippen LogP contribution in [0.1, 0.15) is 6.42 Å². The summed E-state index contributed by atoms with van der Waals surface area (Å²) in [7, 11) is 0. The van der Waals surface area contributed by atoms with Gasteiger partial charge in [-0.1, -0.05) is 12.1 Å². The average Bonchev–Trinajstić information content (AvgIpc) is 3.11. The molecule has 1 aromatic carbocycles. The first kappa shape index (κ1) is 16.5. The Kier molecular flexibility index (Phi) is 4.79. The maximum absolute atomic E-state index is 12.5. The number of ether oxygens (including phenoxy) is 1. The number of fused-ring (bicyclic) bond motifs is 1. The molecule has 4 rings (SSSR count). The van der Waals surface area contributed by atoms with E-state index in [1.807, 2.05) is 41.0 Å². The number of amides is 1. The minimum absolute atomic E-state index is 0.0368. The minimum atomic E-state index is -0.0368. The molecule has 7 nitrogen and oxygen atoms in total. The van der Waals surface area contributed by atoms with Gasteiger partial charge >= 0.3 is 0 Å². The second-order valence-electron chi connectivity index (χ2n) is 6.20. The normalized spacial score (nSPS) is 14.5. The van der Waals surface area contributed by atoms with E-state index in [-0.39, 0.29) is 5.91 Å². The fourth-order valence-electron chi connectivity index (χ4n) is 3.14. The van der Waals surface area contributed by atoms with Crippen LogP contribution in [0.2, 0.25) is 0 Å². The van der Waals surface area contributed by atoms with E-state index in [1.165, 1.54) is 0 Å². The van der Waals surface area contributed by atoms with Crippen molar-refractivity contribution in [1.29, 1.82) is 0 Å². The van der Waals surface area contributed by atoms with Crippen LogP contribution in [0.25, 0.3) is 11.0 Å². The molecule has 0 radical (unpaired) electrons. The number of rotatable bonds is 5.